The van der Waals surface area contributed by atoms with Gasteiger partial charge in [-0.2, -0.15) is 10.2 Å². The summed E-state index contributed by atoms with van der Waals surface area (Å²) in [5, 5.41) is 17.6. The van der Waals surface area contributed by atoms with E-state index >= 15 is 0 Å². The molecule has 0 heterocycles. The van der Waals surface area contributed by atoms with Crippen LogP contribution >= 0.6 is 0 Å². The largest absolute Gasteiger partial charge is 0.478 e. The first-order valence-corrected chi connectivity index (χ1v) is 8.56. The van der Waals surface area contributed by atoms with Gasteiger partial charge in [-0.15, -0.1) is 0 Å². The highest BCUT2D eigenvalue weighted by molar-refractivity contribution is 5.87. The third-order valence-corrected chi connectivity index (χ3v) is 4.02. The maximum Gasteiger partial charge on any atom is 0.335 e. The molecule has 25 heavy (non-hydrogen) atoms. The second kappa shape index (κ2) is 8.97. The number of anilines is 1. The lowest BCUT2D eigenvalue weighted by Gasteiger charge is -2.15. The zero-order chi connectivity index (χ0) is 18.2. The first-order chi connectivity index (χ1) is 12.0. The van der Waals surface area contributed by atoms with Crippen LogP contribution in [-0.2, 0) is 6.42 Å². The van der Waals surface area contributed by atoms with Gasteiger partial charge in [0.15, 0.2) is 0 Å². The molecule has 5 heteroatoms. The Morgan fingerprint density at radius 2 is 1.76 bits per heavy atom. The van der Waals surface area contributed by atoms with Crippen molar-refractivity contribution in [2.45, 2.75) is 32.6 Å². The Morgan fingerprint density at radius 3 is 2.36 bits per heavy atom. The van der Waals surface area contributed by atoms with E-state index in [9.17, 15) is 4.79 Å². The number of unbranched alkanes of at least 4 members (excludes halogenated alkanes) is 2. The Balaban J connectivity index is 2.22. The van der Waals surface area contributed by atoms with E-state index in [1.165, 1.54) is 30.5 Å². The molecule has 0 saturated carbocycles. The normalized spacial score (nSPS) is 11.0. The van der Waals surface area contributed by atoms with Crippen LogP contribution in [0.25, 0.3) is 0 Å². The summed E-state index contributed by atoms with van der Waals surface area (Å²) in [6.45, 7) is 2.19. The maximum absolute atomic E-state index is 10.9. The number of carbonyl (C=O) groups is 1. The summed E-state index contributed by atoms with van der Waals surface area (Å²) >= 11 is 0. The molecule has 0 saturated heterocycles. The summed E-state index contributed by atoms with van der Waals surface area (Å²) in [4.78, 5) is 13.0. The van der Waals surface area contributed by atoms with Gasteiger partial charge in [-0.05, 0) is 60.9 Å². The van der Waals surface area contributed by atoms with Crippen LogP contribution in [0.1, 0.15) is 42.1 Å². The Morgan fingerprint density at radius 1 is 1.04 bits per heavy atom. The molecule has 0 fully saturated rings. The van der Waals surface area contributed by atoms with Gasteiger partial charge in [-0.25, -0.2) is 4.79 Å². The van der Waals surface area contributed by atoms with Crippen molar-refractivity contribution in [1.82, 2.24) is 0 Å². The van der Waals surface area contributed by atoms with Gasteiger partial charge < -0.3 is 10.0 Å². The SMILES string of the molecule is CCCCCc1cc(N(C)C)ccc1N=Nc1ccc(C(=O)O)cc1. The summed E-state index contributed by atoms with van der Waals surface area (Å²) < 4.78 is 0. The molecule has 0 atom stereocenters. The number of aryl methyl sites for hydroxylation is 1. The first kappa shape index (κ1) is 18.6. The van der Waals surface area contributed by atoms with E-state index in [2.05, 4.69) is 28.1 Å². The summed E-state index contributed by atoms with van der Waals surface area (Å²) in [6.07, 6.45) is 4.48. The molecule has 0 bridgehead atoms. The number of benzene rings is 2. The number of azo groups is 1. The fraction of sp³-hybridized carbons (Fsp3) is 0.350. The highest BCUT2D eigenvalue weighted by Gasteiger charge is 2.06. The van der Waals surface area contributed by atoms with Gasteiger partial charge in [0.25, 0.3) is 0 Å². The summed E-state index contributed by atoms with van der Waals surface area (Å²) in [5.41, 5.74) is 4.08. The number of hydrogen-bond donors (Lipinski definition) is 1. The summed E-state index contributed by atoms with van der Waals surface area (Å²) in [7, 11) is 4.05. The summed E-state index contributed by atoms with van der Waals surface area (Å²) in [5.74, 6) is -0.944. The van der Waals surface area contributed by atoms with Gasteiger partial charge in [-0.1, -0.05) is 19.8 Å². The van der Waals surface area contributed by atoms with Crippen LogP contribution in [0.15, 0.2) is 52.7 Å². The second-order valence-corrected chi connectivity index (χ2v) is 6.22. The Kier molecular flexibility index (Phi) is 6.69. The molecule has 0 aromatic heterocycles. The lowest BCUT2D eigenvalue weighted by molar-refractivity contribution is 0.0697. The van der Waals surface area contributed by atoms with E-state index in [-0.39, 0.29) is 5.56 Å². The van der Waals surface area contributed by atoms with Crippen molar-refractivity contribution in [3.63, 3.8) is 0 Å². The lowest BCUT2D eigenvalue weighted by Crippen LogP contribution is -2.08. The molecule has 2 aromatic rings. The van der Waals surface area contributed by atoms with Crippen molar-refractivity contribution in [2.24, 2.45) is 10.2 Å². The fourth-order valence-corrected chi connectivity index (χ4v) is 2.50. The van der Waals surface area contributed by atoms with Crippen LogP contribution in [0.4, 0.5) is 17.1 Å². The van der Waals surface area contributed by atoms with E-state index < -0.39 is 5.97 Å². The minimum Gasteiger partial charge on any atom is -0.478 e. The molecule has 0 spiro atoms. The molecule has 0 aliphatic heterocycles. The van der Waals surface area contributed by atoms with Crippen molar-refractivity contribution in [3.05, 3.63) is 53.6 Å². The van der Waals surface area contributed by atoms with Crippen molar-refractivity contribution in [3.8, 4) is 0 Å². The van der Waals surface area contributed by atoms with Crippen molar-refractivity contribution >= 4 is 23.0 Å². The van der Waals surface area contributed by atoms with Gasteiger partial charge in [0.2, 0.25) is 0 Å². The molecule has 1 N–H and O–H groups in total. The lowest BCUT2D eigenvalue weighted by atomic mass is 10.0. The van der Waals surface area contributed by atoms with Gasteiger partial charge >= 0.3 is 5.97 Å². The van der Waals surface area contributed by atoms with E-state index in [1.807, 2.05) is 26.2 Å². The maximum atomic E-state index is 10.9. The van der Waals surface area contributed by atoms with Gasteiger partial charge in [0.1, 0.15) is 0 Å². The number of hydrogen-bond acceptors (Lipinski definition) is 4. The Hall–Kier alpha value is -2.69. The molecule has 2 rings (SSSR count). The Bertz CT molecular complexity index is 737. The van der Waals surface area contributed by atoms with Crippen LogP contribution in [0, 0.1) is 0 Å². The average molecular weight is 339 g/mol. The molecule has 0 aliphatic rings. The van der Waals surface area contributed by atoms with Gasteiger partial charge in [-0.3, -0.25) is 0 Å². The van der Waals surface area contributed by atoms with Crippen LogP contribution in [-0.4, -0.2) is 25.2 Å². The number of carboxylic acids is 1. The topological polar surface area (TPSA) is 65.3 Å². The molecule has 0 radical (unpaired) electrons. The molecular weight excluding hydrogens is 314 g/mol. The molecule has 0 amide bonds. The zero-order valence-electron chi connectivity index (χ0n) is 15.1. The van der Waals surface area contributed by atoms with Crippen LogP contribution in [0.2, 0.25) is 0 Å². The van der Waals surface area contributed by atoms with E-state index in [0.29, 0.717) is 5.69 Å². The monoisotopic (exact) mass is 339 g/mol. The standard InChI is InChI=1S/C20H25N3O2/c1-4-5-6-7-16-14-18(23(2)3)12-13-19(16)22-21-17-10-8-15(9-11-17)20(24)25/h8-14H,4-7H2,1-3H3,(H,24,25). The second-order valence-electron chi connectivity index (χ2n) is 6.22. The predicted molar refractivity (Wildman–Crippen MR) is 102 cm³/mol. The third-order valence-electron chi connectivity index (χ3n) is 4.02. The van der Waals surface area contributed by atoms with Gasteiger partial charge in [0, 0.05) is 19.8 Å². The van der Waals surface area contributed by atoms with Crippen LogP contribution in [0.3, 0.4) is 0 Å². The quantitative estimate of drug-likeness (QED) is 0.503. The zero-order valence-corrected chi connectivity index (χ0v) is 15.1. The number of rotatable bonds is 8. The number of nitrogens with zero attached hydrogens (tertiary/aromatic N) is 3. The predicted octanol–water partition coefficient (Wildman–Crippen LogP) is 5.60. The highest BCUT2D eigenvalue weighted by atomic mass is 16.4. The Labute approximate surface area is 149 Å². The van der Waals surface area contributed by atoms with Crippen LogP contribution < -0.4 is 4.90 Å². The number of aromatic carboxylic acids is 1. The highest BCUT2D eigenvalue weighted by Crippen LogP contribution is 2.28. The smallest absolute Gasteiger partial charge is 0.335 e. The molecule has 0 unspecified atom stereocenters. The molecule has 132 valence electrons. The molecule has 5 nitrogen and oxygen atoms in total. The van der Waals surface area contributed by atoms with E-state index in [4.69, 9.17) is 5.11 Å². The minimum atomic E-state index is -0.944. The van der Waals surface area contributed by atoms with Crippen molar-refractivity contribution < 1.29 is 9.90 Å². The minimum absolute atomic E-state index is 0.245. The molecule has 0 aliphatic carbocycles. The molecule has 2 aromatic carbocycles. The van der Waals surface area contributed by atoms with Gasteiger partial charge in [0.05, 0.1) is 16.9 Å². The fourth-order valence-electron chi connectivity index (χ4n) is 2.50. The van der Waals surface area contributed by atoms with Crippen molar-refractivity contribution in [1.29, 1.82) is 0 Å². The van der Waals surface area contributed by atoms with E-state index in [0.717, 1.165) is 24.2 Å². The molecular formula is C20H25N3O2. The van der Waals surface area contributed by atoms with E-state index in [1.54, 1.807) is 12.1 Å². The van der Waals surface area contributed by atoms with Crippen LogP contribution in [0.5, 0.6) is 0 Å². The summed E-state index contributed by atoms with van der Waals surface area (Å²) in [6, 6.07) is 12.6. The first-order valence-electron chi connectivity index (χ1n) is 8.56. The average Bonchev–Trinajstić information content (AvgIpc) is 2.61. The number of carboxylic acid groups (broad SMARTS) is 1. The third kappa shape index (κ3) is 5.41. The van der Waals surface area contributed by atoms with Crippen molar-refractivity contribution in [2.75, 3.05) is 19.0 Å².